The summed E-state index contributed by atoms with van der Waals surface area (Å²) >= 11 is 0. The summed E-state index contributed by atoms with van der Waals surface area (Å²) in [5, 5.41) is 0. The van der Waals surface area contributed by atoms with Gasteiger partial charge < -0.3 is 17.2 Å². The number of hydrogen-bond donors (Lipinski definition) is 3. The monoisotopic (exact) mass is 602 g/mol. The van der Waals surface area contributed by atoms with Gasteiger partial charge in [-0.1, -0.05) is 114 Å². The van der Waals surface area contributed by atoms with Gasteiger partial charge in [-0.2, -0.15) is 0 Å². The maximum absolute atomic E-state index is 5.80. The number of hydrogen-bond acceptors (Lipinski definition) is 3. The number of allylic oxidation sites excluding steroid dienone is 3. The summed E-state index contributed by atoms with van der Waals surface area (Å²) < 4.78 is 0. The van der Waals surface area contributed by atoms with Crippen molar-refractivity contribution < 1.29 is 0 Å². The Hall–Kier alpha value is -3.14. The van der Waals surface area contributed by atoms with E-state index in [2.05, 4.69) is 135 Å². The van der Waals surface area contributed by atoms with Crippen LogP contribution in [-0.2, 0) is 0 Å². The highest BCUT2D eigenvalue weighted by atomic mass is 14.8. The van der Waals surface area contributed by atoms with Crippen molar-refractivity contribution in [2.24, 2.45) is 23.1 Å². The Morgan fingerprint density at radius 3 is 1.84 bits per heavy atom. The quantitative estimate of drug-likeness (QED) is 0.208. The lowest BCUT2D eigenvalue weighted by atomic mass is 9.92. The zero-order valence-electron chi connectivity index (χ0n) is 29.6. The van der Waals surface area contributed by atoms with Gasteiger partial charge in [0, 0.05) is 12.1 Å². The maximum Gasteiger partial charge on any atom is 0.0181 e. The van der Waals surface area contributed by atoms with Crippen molar-refractivity contribution in [1.82, 2.24) is 0 Å². The third-order valence-electron chi connectivity index (χ3n) is 7.77. The molecule has 4 rings (SSSR count). The molecule has 6 N–H and O–H groups in total. The molecule has 0 bridgehead atoms. The van der Waals surface area contributed by atoms with Gasteiger partial charge in [0.25, 0.3) is 0 Å². The largest absolute Gasteiger partial charge is 0.405 e. The van der Waals surface area contributed by atoms with E-state index < -0.39 is 0 Å². The van der Waals surface area contributed by atoms with Crippen LogP contribution in [0.3, 0.4) is 0 Å². The molecule has 2 aliphatic rings. The van der Waals surface area contributed by atoms with Crippen molar-refractivity contribution in [2.45, 2.75) is 112 Å². The third kappa shape index (κ3) is 19.2. The van der Waals surface area contributed by atoms with Crippen LogP contribution < -0.4 is 17.2 Å². The molecule has 0 radical (unpaired) electrons. The second-order valence-electron chi connectivity index (χ2n) is 11.6. The molecule has 2 aromatic rings. The van der Waals surface area contributed by atoms with Crippen molar-refractivity contribution in [3.05, 3.63) is 127 Å². The molecule has 2 unspecified atom stereocenters. The van der Waals surface area contributed by atoms with Crippen molar-refractivity contribution in [3.8, 4) is 0 Å². The van der Waals surface area contributed by atoms with Crippen LogP contribution in [0.15, 0.2) is 104 Å². The van der Waals surface area contributed by atoms with Gasteiger partial charge in [-0.15, -0.1) is 13.2 Å². The van der Waals surface area contributed by atoms with Gasteiger partial charge in [0.05, 0.1) is 0 Å². The highest BCUT2D eigenvalue weighted by molar-refractivity contribution is 5.62. The van der Waals surface area contributed by atoms with E-state index in [1.807, 2.05) is 6.07 Å². The average Bonchev–Trinajstić information content (AvgIpc) is 3.66. The summed E-state index contributed by atoms with van der Waals surface area (Å²) in [6.45, 7) is 29.0. The predicted octanol–water partition coefficient (Wildman–Crippen LogP) is 10.9. The first kappa shape index (κ1) is 43.0. The Kier molecular flexibility index (Phi) is 25.7. The standard InChI is InChI=1S/C19H25N.C9H12.C6H13N.C3H8.C2H5N.C2H4/c1-16(17-10-3-2-4-11-17)9-5-6-12-18-13-7-8-14-19(18)15-20;1-7-4-5-8(2)9(3)6-7;1-3-6(7)4-5(6)2;1-3-2;1-2-3;1-2/h2-4,10-11,13-14H,1,5-9,12,15,20H2;4-6H,1-3H3;5H,3-4,7H2,1-2H3;3H2,1-2H3;2H,1,3H2;1-2H2. The molecule has 2 aromatic carbocycles. The molecular formula is C41H67N3. The number of rotatable bonds is 8. The molecule has 0 heterocycles. The molecule has 0 amide bonds. The Morgan fingerprint density at radius 1 is 0.909 bits per heavy atom. The van der Waals surface area contributed by atoms with Crippen LogP contribution in [0.1, 0.15) is 108 Å². The average molecular weight is 602 g/mol. The first-order valence-corrected chi connectivity index (χ1v) is 16.5. The van der Waals surface area contributed by atoms with E-state index in [1.54, 1.807) is 0 Å². The fourth-order valence-corrected chi connectivity index (χ4v) is 4.62. The Bertz CT molecular complexity index is 1090. The summed E-state index contributed by atoms with van der Waals surface area (Å²) in [6, 6.07) is 17.0. The van der Waals surface area contributed by atoms with E-state index in [9.17, 15) is 0 Å². The Balaban J connectivity index is 0. The minimum Gasteiger partial charge on any atom is -0.405 e. The summed E-state index contributed by atoms with van der Waals surface area (Å²) in [6.07, 6.45) is 16.5. The van der Waals surface area contributed by atoms with Crippen LogP contribution >= 0.6 is 0 Å². The number of unbranched alkanes of at least 4 members (excludes halogenated alkanes) is 1. The van der Waals surface area contributed by atoms with E-state index >= 15 is 0 Å². The van der Waals surface area contributed by atoms with Gasteiger partial charge in [0.15, 0.2) is 0 Å². The predicted molar refractivity (Wildman–Crippen MR) is 202 cm³/mol. The highest BCUT2D eigenvalue weighted by Gasteiger charge is 2.45. The van der Waals surface area contributed by atoms with Crippen LogP contribution in [0.2, 0.25) is 0 Å². The molecule has 3 nitrogen and oxygen atoms in total. The first-order valence-electron chi connectivity index (χ1n) is 16.5. The summed E-state index contributed by atoms with van der Waals surface area (Å²) in [5.74, 6) is 0.789. The molecular weight excluding hydrogens is 534 g/mol. The molecule has 0 aliphatic heterocycles. The van der Waals surface area contributed by atoms with E-state index in [-0.39, 0.29) is 5.54 Å². The fourth-order valence-electron chi connectivity index (χ4n) is 4.62. The zero-order valence-corrected chi connectivity index (χ0v) is 29.6. The van der Waals surface area contributed by atoms with E-state index in [0.717, 1.165) is 31.6 Å². The van der Waals surface area contributed by atoms with Crippen LogP contribution in [-0.4, -0.2) is 12.1 Å². The van der Waals surface area contributed by atoms with Crippen molar-refractivity contribution >= 4 is 5.57 Å². The maximum atomic E-state index is 5.80. The van der Waals surface area contributed by atoms with Gasteiger partial charge in [-0.3, -0.25) is 0 Å². The molecule has 3 heteroatoms. The highest BCUT2D eigenvalue weighted by Crippen LogP contribution is 2.42. The number of benzene rings is 2. The zero-order chi connectivity index (χ0) is 34.0. The minimum absolute atomic E-state index is 0.250. The van der Waals surface area contributed by atoms with Crippen LogP contribution in [0, 0.1) is 26.7 Å². The van der Waals surface area contributed by atoms with E-state index in [4.69, 9.17) is 11.5 Å². The second kappa shape index (κ2) is 26.3. The van der Waals surface area contributed by atoms with Crippen LogP contribution in [0.25, 0.3) is 5.57 Å². The number of aryl methyl sites for hydroxylation is 3. The lowest BCUT2D eigenvalue weighted by molar-refractivity contribution is 0.597. The molecule has 0 spiro atoms. The van der Waals surface area contributed by atoms with Gasteiger partial charge in [-0.25, -0.2) is 0 Å². The van der Waals surface area contributed by atoms with Gasteiger partial charge in [0.2, 0.25) is 0 Å². The first-order chi connectivity index (χ1) is 21.0. The SMILES string of the molecule is C=C.C=C(CCCCC1=CCCC=C1CN)c1ccccc1.C=CN.CCC.CCC1(N)CC1C.Cc1ccc(C)c(C)c1. The molecule has 0 aromatic heterocycles. The fraction of sp³-hybridized carbons (Fsp3) is 0.463. The number of nitrogens with two attached hydrogens (primary N) is 3. The molecule has 2 aliphatic carbocycles. The molecule has 246 valence electrons. The summed E-state index contributed by atoms with van der Waals surface area (Å²) in [7, 11) is 0. The van der Waals surface area contributed by atoms with E-state index in [0.29, 0.717) is 6.54 Å². The molecule has 1 fully saturated rings. The third-order valence-corrected chi connectivity index (χ3v) is 7.77. The summed E-state index contributed by atoms with van der Waals surface area (Å²) in [4.78, 5) is 0. The van der Waals surface area contributed by atoms with Gasteiger partial charge in [-0.05, 0) is 118 Å². The molecule has 2 atom stereocenters. The lowest BCUT2D eigenvalue weighted by Gasteiger charge is -2.15. The van der Waals surface area contributed by atoms with Gasteiger partial charge in [0.1, 0.15) is 0 Å². The van der Waals surface area contributed by atoms with Gasteiger partial charge >= 0.3 is 0 Å². The van der Waals surface area contributed by atoms with Crippen molar-refractivity contribution in [3.63, 3.8) is 0 Å². The normalized spacial score (nSPS) is 17.2. The van der Waals surface area contributed by atoms with Crippen molar-refractivity contribution in [2.75, 3.05) is 6.54 Å². The lowest BCUT2D eigenvalue weighted by Crippen LogP contribution is -2.22. The minimum atomic E-state index is 0.250. The molecule has 44 heavy (non-hydrogen) atoms. The smallest absolute Gasteiger partial charge is 0.0181 e. The van der Waals surface area contributed by atoms with Crippen molar-refractivity contribution in [1.29, 1.82) is 0 Å². The van der Waals surface area contributed by atoms with E-state index in [1.165, 1.54) is 77.3 Å². The Labute approximate surface area is 273 Å². The molecule has 1 saturated carbocycles. The molecule has 0 saturated heterocycles. The summed E-state index contributed by atoms with van der Waals surface area (Å²) in [5.41, 5.74) is 25.9. The second-order valence-corrected chi connectivity index (χ2v) is 11.6. The van der Waals surface area contributed by atoms with Crippen LogP contribution in [0.4, 0.5) is 0 Å². The van der Waals surface area contributed by atoms with Crippen LogP contribution in [0.5, 0.6) is 0 Å². The Morgan fingerprint density at radius 2 is 1.43 bits per heavy atom. The topological polar surface area (TPSA) is 78.1 Å².